The van der Waals surface area contributed by atoms with E-state index >= 15 is 0 Å². The summed E-state index contributed by atoms with van der Waals surface area (Å²) in [5, 5.41) is 20.3. The van der Waals surface area contributed by atoms with Crippen LogP contribution in [0.5, 0.6) is 0 Å². The first-order valence-electron chi connectivity index (χ1n) is 7.10. The van der Waals surface area contributed by atoms with Gasteiger partial charge >= 0.3 is 0 Å². The molecular weight excluding hydrogens is 280 g/mol. The maximum absolute atomic E-state index is 10.6. The third-order valence-electron chi connectivity index (χ3n) is 3.93. The van der Waals surface area contributed by atoms with Crippen LogP contribution in [0.4, 0.5) is 0 Å². The van der Waals surface area contributed by atoms with Crippen LogP contribution in [-0.2, 0) is 11.1 Å². The first-order chi connectivity index (χ1) is 10.4. The van der Waals surface area contributed by atoms with Crippen LogP contribution in [0.3, 0.4) is 0 Å². The van der Waals surface area contributed by atoms with Gasteiger partial charge in [-0.05, 0) is 25.0 Å². The van der Waals surface area contributed by atoms with E-state index < -0.39 is 17.2 Å². The SMILES string of the molecule is CC(N)(c1ncccn1)C(O)CC(N)(CO)c1ccccc1. The van der Waals surface area contributed by atoms with Crippen molar-refractivity contribution in [1.29, 1.82) is 0 Å². The van der Waals surface area contributed by atoms with Crippen LogP contribution in [0.2, 0.25) is 0 Å². The number of aliphatic hydroxyl groups is 2. The number of rotatable bonds is 6. The van der Waals surface area contributed by atoms with Gasteiger partial charge in [0.1, 0.15) is 5.82 Å². The van der Waals surface area contributed by atoms with E-state index in [0.717, 1.165) is 5.56 Å². The topological polar surface area (TPSA) is 118 Å². The zero-order chi connectivity index (χ0) is 16.2. The Kier molecular flexibility index (Phi) is 4.87. The Balaban J connectivity index is 2.24. The molecule has 22 heavy (non-hydrogen) atoms. The highest BCUT2D eigenvalue weighted by atomic mass is 16.3. The monoisotopic (exact) mass is 302 g/mol. The van der Waals surface area contributed by atoms with Crippen molar-refractivity contribution in [1.82, 2.24) is 9.97 Å². The van der Waals surface area contributed by atoms with E-state index in [1.807, 2.05) is 30.3 Å². The van der Waals surface area contributed by atoms with E-state index in [4.69, 9.17) is 11.5 Å². The lowest BCUT2D eigenvalue weighted by atomic mass is 9.80. The van der Waals surface area contributed by atoms with Crippen LogP contribution < -0.4 is 11.5 Å². The number of hydrogen-bond acceptors (Lipinski definition) is 6. The van der Waals surface area contributed by atoms with Crippen molar-refractivity contribution < 1.29 is 10.2 Å². The van der Waals surface area contributed by atoms with Crippen LogP contribution in [0, 0.1) is 0 Å². The normalized spacial score (nSPS) is 18.2. The molecule has 0 saturated carbocycles. The third kappa shape index (κ3) is 3.31. The molecule has 0 bridgehead atoms. The molecule has 0 saturated heterocycles. The molecule has 0 radical (unpaired) electrons. The van der Waals surface area contributed by atoms with Gasteiger partial charge in [-0.15, -0.1) is 0 Å². The third-order valence-corrected chi connectivity index (χ3v) is 3.93. The van der Waals surface area contributed by atoms with E-state index in [-0.39, 0.29) is 13.0 Å². The fourth-order valence-corrected chi connectivity index (χ4v) is 2.33. The van der Waals surface area contributed by atoms with Gasteiger partial charge < -0.3 is 21.7 Å². The molecule has 6 N–H and O–H groups in total. The number of benzene rings is 1. The quantitative estimate of drug-likeness (QED) is 0.607. The van der Waals surface area contributed by atoms with Crippen molar-refractivity contribution >= 4 is 0 Å². The summed E-state index contributed by atoms with van der Waals surface area (Å²) in [4.78, 5) is 8.20. The number of nitrogens with two attached hydrogens (primary N) is 2. The Hall–Kier alpha value is -1.86. The second kappa shape index (κ2) is 6.50. The lowest BCUT2D eigenvalue weighted by molar-refractivity contribution is 0.0410. The van der Waals surface area contributed by atoms with Crippen LogP contribution in [0.1, 0.15) is 24.7 Å². The first kappa shape index (κ1) is 16.5. The Labute approximate surface area is 129 Å². The molecule has 3 unspecified atom stereocenters. The van der Waals surface area contributed by atoms with Crippen molar-refractivity contribution in [3.8, 4) is 0 Å². The molecule has 118 valence electrons. The van der Waals surface area contributed by atoms with E-state index in [1.54, 1.807) is 25.4 Å². The van der Waals surface area contributed by atoms with Gasteiger partial charge in [0.05, 0.1) is 23.8 Å². The van der Waals surface area contributed by atoms with Crippen molar-refractivity contribution in [3.63, 3.8) is 0 Å². The molecule has 1 heterocycles. The summed E-state index contributed by atoms with van der Waals surface area (Å²) in [5.41, 5.74) is 11.0. The maximum atomic E-state index is 10.6. The van der Waals surface area contributed by atoms with Crippen molar-refractivity contribution in [2.75, 3.05) is 6.61 Å². The van der Waals surface area contributed by atoms with Crippen molar-refractivity contribution in [3.05, 3.63) is 60.2 Å². The Morgan fingerprint density at radius 3 is 2.23 bits per heavy atom. The highest BCUT2D eigenvalue weighted by molar-refractivity contribution is 5.25. The van der Waals surface area contributed by atoms with E-state index in [0.29, 0.717) is 5.82 Å². The van der Waals surface area contributed by atoms with Gasteiger partial charge in [0.15, 0.2) is 0 Å². The zero-order valence-electron chi connectivity index (χ0n) is 12.6. The molecule has 6 nitrogen and oxygen atoms in total. The number of aromatic nitrogens is 2. The molecule has 0 amide bonds. The second-order valence-electron chi connectivity index (χ2n) is 5.76. The molecule has 0 aliphatic carbocycles. The Morgan fingerprint density at radius 2 is 1.68 bits per heavy atom. The number of aliphatic hydroxyl groups excluding tert-OH is 2. The molecule has 1 aromatic heterocycles. The van der Waals surface area contributed by atoms with Crippen LogP contribution in [-0.4, -0.2) is 32.9 Å². The Morgan fingerprint density at radius 1 is 1.09 bits per heavy atom. The molecule has 0 spiro atoms. The summed E-state index contributed by atoms with van der Waals surface area (Å²) in [7, 11) is 0. The standard InChI is InChI=1S/C16H22N4O2/c1-15(17,14-19-8-5-9-20-14)13(22)10-16(18,11-21)12-6-3-2-4-7-12/h2-9,13,21-22H,10-11,17-18H2,1H3. The largest absolute Gasteiger partial charge is 0.394 e. The molecule has 0 fully saturated rings. The van der Waals surface area contributed by atoms with Crippen molar-refractivity contribution in [2.45, 2.75) is 30.5 Å². The lowest BCUT2D eigenvalue weighted by Crippen LogP contribution is -2.53. The van der Waals surface area contributed by atoms with Gasteiger partial charge in [-0.3, -0.25) is 0 Å². The molecule has 2 rings (SSSR count). The average Bonchev–Trinajstić information content (AvgIpc) is 2.56. The van der Waals surface area contributed by atoms with Crippen LogP contribution in [0.25, 0.3) is 0 Å². The molecule has 1 aromatic carbocycles. The number of nitrogens with zero attached hydrogens (tertiary/aromatic N) is 2. The van der Waals surface area contributed by atoms with Crippen LogP contribution >= 0.6 is 0 Å². The predicted molar refractivity (Wildman–Crippen MR) is 83.6 cm³/mol. The maximum Gasteiger partial charge on any atom is 0.150 e. The Bertz CT molecular complexity index is 592. The summed E-state index contributed by atoms with van der Waals surface area (Å²) >= 11 is 0. The van der Waals surface area contributed by atoms with Crippen LogP contribution in [0.15, 0.2) is 48.8 Å². The molecule has 6 heteroatoms. The average molecular weight is 302 g/mol. The van der Waals surface area contributed by atoms with Gasteiger partial charge in [0.2, 0.25) is 0 Å². The van der Waals surface area contributed by atoms with Gasteiger partial charge in [-0.1, -0.05) is 30.3 Å². The minimum Gasteiger partial charge on any atom is -0.394 e. The first-order valence-corrected chi connectivity index (χ1v) is 7.10. The molecule has 2 aromatic rings. The minimum absolute atomic E-state index is 0.0821. The predicted octanol–water partition coefficient (Wildman–Crippen LogP) is 0.248. The van der Waals surface area contributed by atoms with E-state index in [2.05, 4.69) is 9.97 Å². The van der Waals surface area contributed by atoms with Crippen molar-refractivity contribution in [2.24, 2.45) is 11.5 Å². The van der Waals surface area contributed by atoms with Gasteiger partial charge in [-0.25, -0.2) is 9.97 Å². The minimum atomic E-state index is -1.17. The summed E-state index contributed by atoms with van der Waals surface area (Å²) < 4.78 is 0. The van der Waals surface area contributed by atoms with E-state index in [1.165, 1.54) is 0 Å². The van der Waals surface area contributed by atoms with Gasteiger partial charge in [-0.2, -0.15) is 0 Å². The molecule has 3 atom stereocenters. The van der Waals surface area contributed by atoms with Gasteiger partial charge in [0.25, 0.3) is 0 Å². The molecule has 0 aliphatic rings. The summed E-state index contributed by atoms with van der Waals surface area (Å²) in [6.45, 7) is 1.34. The fraction of sp³-hybridized carbons (Fsp3) is 0.375. The zero-order valence-corrected chi connectivity index (χ0v) is 12.6. The molecular formula is C16H22N4O2. The molecule has 0 aliphatic heterocycles. The lowest BCUT2D eigenvalue weighted by Gasteiger charge is -2.36. The smallest absolute Gasteiger partial charge is 0.150 e. The number of hydrogen-bond donors (Lipinski definition) is 4. The fourth-order valence-electron chi connectivity index (χ4n) is 2.33. The second-order valence-corrected chi connectivity index (χ2v) is 5.76. The summed E-state index contributed by atoms with van der Waals surface area (Å²) in [6, 6.07) is 10.8. The highest BCUT2D eigenvalue weighted by Crippen LogP contribution is 2.29. The summed E-state index contributed by atoms with van der Waals surface area (Å²) in [6.07, 6.45) is 2.20. The summed E-state index contributed by atoms with van der Waals surface area (Å²) in [5.74, 6) is 0.329. The highest BCUT2D eigenvalue weighted by Gasteiger charge is 2.39. The van der Waals surface area contributed by atoms with Gasteiger partial charge in [0, 0.05) is 12.4 Å². The van der Waals surface area contributed by atoms with E-state index in [9.17, 15) is 10.2 Å².